The maximum absolute atomic E-state index is 12.2. The summed E-state index contributed by atoms with van der Waals surface area (Å²) < 4.78 is 0. The van der Waals surface area contributed by atoms with Gasteiger partial charge in [-0.2, -0.15) is 5.26 Å². The predicted molar refractivity (Wildman–Crippen MR) is 140 cm³/mol. The molecule has 0 aromatic heterocycles. The Morgan fingerprint density at radius 3 is 2.36 bits per heavy atom. The number of fused-ring (bicyclic) bond motifs is 5. The van der Waals surface area contributed by atoms with Gasteiger partial charge in [0.2, 0.25) is 0 Å². The van der Waals surface area contributed by atoms with Gasteiger partial charge in [0, 0.05) is 11.8 Å². The number of aliphatic hydroxyl groups is 1. The summed E-state index contributed by atoms with van der Waals surface area (Å²) in [7, 11) is 0. The summed E-state index contributed by atoms with van der Waals surface area (Å²) in [5.41, 5.74) is 3.84. The van der Waals surface area contributed by atoms with Crippen molar-refractivity contribution in [3.63, 3.8) is 0 Å². The van der Waals surface area contributed by atoms with Crippen LogP contribution >= 0.6 is 0 Å². The number of nitriles is 1. The lowest BCUT2D eigenvalue weighted by molar-refractivity contribution is -0.116. The molecule has 0 bridgehead atoms. The molecular formula is C33H31NO2. The second-order valence-corrected chi connectivity index (χ2v) is 11.4. The normalized spacial score (nSPS) is 36.6. The zero-order chi connectivity index (χ0) is 25.1. The van der Waals surface area contributed by atoms with Crippen LogP contribution in [0.4, 0.5) is 0 Å². The number of hydrogen-bond acceptors (Lipinski definition) is 3. The molecule has 36 heavy (non-hydrogen) atoms. The molecule has 0 amide bonds. The summed E-state index contributed by atoms with van der Waals surface area (Å²) in [6.45, 7) is 2.18. The minimum atomic E-state index is -1.23. The summed E-state index contributed by atoms with van der Waals surface area (Å²) in [6.07, 6.45) is 16.3. The van der Waals surface area contributed by atoms with E-state index in [2.05, 4.69) is 49.3 Å². The van der Waals surface area contributed by atoms with E-state index in [9.17, 15) is 9.90 Å². The van der Waals surface area contributed by atoms with Crippen molar-refractivity contribution in [1.82, 2.24) is 0 Å². The molecule has 1 N–H and O–H groups in total. The van der Waals surface area contributed by atoms with E-state index in [1.54, 1.807) is 0 Å². The Kier molecular flexibility index (Phi) is 5.33. The Hall–Kier alpha value is -3.40. The SMILES string of the molecule is C#C[C@]1(O)C=C[C@H]2[C@@H]3CCC4=CC(=O)CC[C@@H]4[C@H]3[C@@H](c3ccc(-c4ccc(C#N)cc4)cc3)C[C@@]21C. The van der Waals surface area contributed by atoms with Gasteiger partial charge in [-0.05, 0) is 96.2 Å². The maximum atomic E-state index is 12.2. The lowest BCUT2D eigenvalue weighted by atomic mass is 9.46. The molecule has 2 aromatic carbocycles. The first-order valence-electron chi connectivity index (χ1n) is 13.1. The number of allylic oxidation sites excluding steroid dienone is 3. The third-order valence-electron chi connectivity index (χ3n) is 9.88. The molecule has 0 heterocycles. The molecule has 0 aliphatic heterocycles. The monoisotopic (exact) mass is 473 g/mol. The largest absolute Gasteiger partial charge is 0.373 e. The average molecular weight is 474 g/mol. The molecule has 3 nitrogen and oxygen atoms in total. The molecule has 7 atom stereocenters. The number of rotatable bonds is 2. The summed E-state index contributed by atoms with van der Waals surface area (Å²) in [4.78, 5) is 12.2. The Bertz CT molecular complexity index is 1350. The van der Waals surface area contributed by atoms with Crippen LogP contribution in [-0.2, 0) is 4.79 Å². The first-order valence-corrected chi connectivity index (χ1v) is 13.1. The number of terminal acetylenes is 1. The van der Waals surface area contributed by atoms with Crippen LogP contribution in [0, 0.1) is 52.8 Å². The lowest BCUT2D eigenvalue weighted by Crippen LogP contribution is -2.55. The van der Waals surface area contributed by atoms with Crippen molar-refractivity contribution in [2.45, 2.75) is 50.5 Å². The Morgan fingerprint density at radius 2 is 1.69 bits per heavy atom. The topological polar surface area (TPSA) is 61.1 Å². The highest BCUT2D eigenvalue weighted by molar-refractivity contribution is 5.91. The van der Waals surface area contributed by atoms with Crippen molar-refractivity contribution >= 4 is 5.78 Å². The standard InChI is InChI=1S/C33H31NO2/c1-3-33(36)17-16-30-28-14-12-25-18-26(35)13-15-27(25)31(28)29(19-32(30,33)2)24-10-8-23(9-11-24)22-6-4-21(20-34)5-7-22/h1,4-11,16-18,27-31,36H,12-15,19H2,2H3/t27-,28-,29+,30-,31+,32-,33-/m0/s1. The Morgan fingerprint density at radius 1 is 1.00 bits per heavy atom. The fourth-order valence-electron chi connectivity index (χ4n) is 8.00. The third-order valence-corrected chi connectivity index (χ3v) is 9.88. The molecule has 0 spiro atoms. The molecule has 4 aliphatic rings. The molecule has 0 radical (unpaired) electrons. The van der Waals surface area contributed by atoms with Gasteiger partial charge in [0.05, 0.1) is 11.6 Å². The van der Waals surface area contributed by atoms with Crippen molar-refractivity contribution in [1.29, 1.82) is 5.26 Å². The smallest absolute Gasteiger partial charge is 0.155 e. The highest BCUT2D eigenvalue weighted by Crippen LogP contribution is 2.66. The number of carbonyl (C=O) groups is 1. The second-order valence-electron chi connectivity index (χ2n) is 11.4. The third kappa shape index (κ3) is 3.34. The highest BCUT2D eigenvalue weighted by atomic mass is 16.3. The van der Waals surface area contributed by atoms with E-state index in [4.69, 9.17) is 11.7 Å². The van der Waals surface area contributed by atoms with E-state index in [0.717, 1.165) is 36.8 Å². The molecule has 3 heteroatoms. The molecule has 0 unspecified atom stereocenters. The Labute approximate surface area is 213 Å². The highest BCUT2D eigenvalue weighted by Gasteiger charge is 2.62. The van der Waals surface area contributed by atoms with Gasteiger partial charge in [0.15, 0.2) is 5.78 Å². The van der Waals surface area contributed by atoms with Crippen LogP contribution in [-0.4, -0.2) is 16.5 Å². The molecule has 2 saturated carbocycles. The van der Waals surface area contributed by atoms with Gasteiger partial charge >= 0.3 is 0 Å². The van der Waals surface area contributed by atoms with Gasteiger partial charge in [-0.15, -0.1) is 6.42 Å². The Balaban J connectivity index is 1.40. The van der Waals surface area contributed by atoms with Crippen LogP contribution < -0.4 is 0 Å². The lowest BCUT2D eigenvalue weighted by Gasteiger charge is -2.58. The summed E-state index contributed by atoms with van der Waals surface area (Å²) in [6, 6.07) is 18.7. The maximum Gasteiger partial charge on any atom is 0.155 e. The van der Waals surface area contributed by atoms with Crippen molar-refractivity contribution in [3.8, 4) is 29.5 Å². The number of nitrogens with zero attached hydrogens (tertiary/aromatic N) is 1. The van der Waals surface area contributed by atoms with E-state index >= 15 is 0 Å². The number of benzene rings is 2. The van der Waals surface area contributed by atoms with Crippen LogP contribution in [0.15, 0.2) is 72.3 Å². The minimum Gasteiger partial charge on any atom is -0.373 e. The zero-order valence-electron chi connectivity index (χ0n) is 20.7. The number of carbonyl (C=O) groups excluding carboxylic acids is 1. The summed E-state index contributed by atoms with van der Waals surface area (Å²) >= 11 is 0. The van der Waals surface area contributed by atoms with Crippen molar-refractivity contribution in [3.05, 3.63) is 83.5 Å². The van der Waals surface area contributed by atoms with E-state index in [1.807, 2.05) is 36.4 Å². The first-order chi connectivity index (χ1) is 17.4. The summed E-state index contributed by atoms with van der Waals surface area (Å²) in [5, 5.41) is 20.6. The fourth-order valence-corrected chi connectivity index (χ4v) is 8.00. The van der Waals surface area contributed by atoms with Gasteiger partial charge < -0.3 is 5.11 Å². The first kappa shape index (κ1) is 23.0. The van der Waals surface area contributed by atoms with E-state index in [-0.39, 0.29) is 17.6 Å². The van der Waals surface area contributed by atoms with Gasteiger partial charge in [-0.1, -0.05) is 60.9 Å². The van der Waals surface area contributed by atoms with Crippen molar-refractivity contribution < 1.29 is 9.90 Å². The minimum absolute atomic E-state index is 0.247. The van der Waals surface area contributed by atoms with Crippen LogP contribution in [0.2, 0.25) is 0 Å². The quantitative estimate of drug-likeness (QED) is 0.417. The molecule has 6 rings (SSSR count). The van der Waals surface area contributed by atoms with Crippen molar-refractivity contribution in [2.24, 2.45) is 29.1 Å². The average Bonchev–Trinajstić information content (AvgIpc) is 3.18. The molecular weight excluding hydrogens is 442 g/mol. The predicted octanol–water partition coefficient (Wildman–Crippen LogP) is 6.20. The molecule has 2 aromatic rings. The van der Waals surface area contributed by atoms with Gasteiger partial charge in [-0.25, -0.2) is 0 Å². The zero-order valence-corrected chi connectivity index (χ0v) is 20.7. The molecule has 180 valence electrons. The van der Waals surface area contributed by atoms with Gasteiger partial charge in [0.25, 0.3) is 0 Å². The van der Waals surface area contributed by atoms with Crippen molar-refractivity contribution in [2.75, 3.05) is 0 Å². The van der Waals surface area contributed by atoms with Crippen LogP contribution in [0.1, 0.15) is 56.1 Å². The van der Waals surface area contributed by atoms with Crippen LogP contribution in [0.25, 0.3) is 11.1 Å². The van der Waals surface area contributed by atoms with E-state index in [0.29, 0.717) is 29.7 Å². The van der Waals surface area contributed by atoms with E-state index in [1.165, 1.54) is 11.1 Å². The fraction of sp³-hybridized carbons (Fsp3) is 0.394. The van der Waals surface area contributed by atoms with Crippen LogP contribution in [0.5, 0.6) is 0 Å². The van der Waals surface area contributed by atoms with Gasteiger partial charge in [0.1, 0.15) is 5.60 Å². The summed E-state index contributed by atoms with van der Waals surface area (Å²) in [5.74, 6) is 4.80. The van der Waals surface area contributed by atoms with Crippen LogP contribution in [0.3, 0.4) is 0 Å². The molecule has 0 saturated heterocycles. The molecule has 2 fully saturated rings. The van der Waals surface area contributed by atoms with Gasteiger partial charge in [-0.3, -0.25) is 4.79 Å². The number of hydrogen-bond donors (Lipinski definition) is 1. The molecule has 4 aliphatic carbocycles. The second kappa shape index (κ2) is 8.33. The number of ketones is 1. The van der Waals surface area contributed by atoms with E-state index < -0.39 is 11.0 Å².